The van der Waals surface area contributed by atoms with Crippen molar-refractivity contribution in [2.24, 2.45) is 0 Å². The van der Waals surface area contributed by atoms with E-state index in [0.717, 1.165) is 5.56 Å². The zero-order valence-electron chi connectivity index (χ0n) is 14.3. The number of hydrogen-bond donors (Lipinski definition) is 1. The molecule has 0 aliphatic rings. The second-order valence-corrected chi connectivity index (χ2v) is 6.78. The Hall–Kier alpha value is -2.04. The minimum Gasteiger partial charge on any atom is -0.348 e. The molecule has 1 N–H and O–H groups in total. The number of amides is 2. The van der Waals surface area contributed by atoms with Crippen LogP contribution in [0.25, 0.3) is 0 Å². The van der Waals surface area contributed by atoms with E-state index in [2.05, 4.69) is 5.32 Å². The quantitative estimate of drug-likeness (QED) is 0.837. The van der Waals surface area contributed by atoms with Gasteiger partial charge >= 0.3 is 0 Å². The smallest absolute Gasteiger partial charge is 0.253 e. The molecule has 2 rings (SSSR count). The molecule has 0 saturated carbocycles. The van der Waals surface area contributed by atoms with E-state index in [-0.39, 0.29) is 22.9 Å². The van der Waals surface area contributed by atoms with E-state index in [4.69, 9.17) is 23.2 Å². The van der Waals surface area contributed by atoms with E-state index in [1.807, 2.05) is 26.0 Å². The van der Waals surface area contributed by atoms with Crippen molar-refractivity contribution in [1.82, 2.24) is 10.2 Å². The van der Waals surface area contributed by atoms with Crippen LogP contribution >= 0.6 is 23.2 Å². The number of carbonyl (C=O) groups excluding carboxylic acids is 2. The highest BCUT2D eigenvalue weighted by atomic mass is 35.5. The van der Waals surface area contributed by atoms with Crippen molar-refractivity contribution in [1.29, 1.82) is 0 Å². The van der Waals surface area contributed by atoms with Crippen molar-refractivity contribution in [2.45, 2.75) is 26.4 Å². The predicted molar refractivity (Wildman–Crippen MR) is 101 cm³/mol. The van der Waals surface area contributed by atoms with Gasteiger partial charge in [-0.1, -0.05) is 41.4 Å². The first-order valence-electron chi connectivity index (χ1n) is 7.89. The maximum Gasteiger partial charge on any atom is 0.253 e. The highest BCUT2D eigenvalue weighted by molar-refractivity contribution is 6.43. The molecule has 0 radical (unpaired) electrons. The Kier molecular flexibility index (Phi) is 6.45. The average Bonchev–Trinajstić information content (AvgIpc) is 2.61. The lowest BCUT2D eigenvalue weighted by Crippen LogP contribution is -2.32. The summed E-state index contributed by atoms with van der Waals surface area (Å²) in [4.78, 5) is 26.1. The van der Waals surface area contributed by atoms with Crippen molar-refractivity contribution < 1.29 is 9.59 Å². The monoisotopic (exact) mass is 378 g/mol. The summed E-state index contributed by atoms with van der Waals surface area (Å²) in [6.07, 6.45) is 0. The topological polar surface area (TPSA) is 49.4 Å². The first-order chi connectivity index (χ1) is 11.8. The van der Waals surface area contributed by atoms with Crippen LogP contribution in [-0.4, -0.2) is 29.8 Å². The molecule has 0 fully saturated rings. The summed E-state index contributed by atoms with van der Waals surface area (Å²) in [6.45, 7) is 4.25. The lowest BCUT2D eigenvalue weighted by molar-refractivity contribution is 0.0754. The predicted octanol–water partition coefficient (Wildman–Crippen LogP) is 4.40. The minimum absolute atomic E-state index is 0.0312. The van der Waals surface area contributed by atoms with Gasteiger partial charge in [0.25, 0.3) is 11.8 Å². The summed E-state index contributed by atoms with van der Waals surface area (Å²) in [6, 6.07) is 12.2. The van der Waals surface area contributed by atoms with Gasteiger partial charge < -0.3 is 10.2 Å². The Morgan fingerprint density at radius 1 is 1.08 bits per heavy atom. The molecule has 0 heterocycles. The number of benzene rings is 2. The number of carbonyl (C=O) groups is 2. The van der Waals surface area contributed by atoms with Crippen LogP contribution in [0.5, 0.6) is 0 Å². The summed E-state index contributed by atoms with van der Waals surface area (Å²) in [5.41, 5.74) is 1.83. The third-order valence-electron chi connectivity index (χ3n) is 3.95. The molecule has 2 aromatic carbocycles. The van der Waals surface area contributed by atoms with Crippen LogP contribution in [0.15, 0.2) is 42.5 Å². The molecular formula is C19H20Cl2N2O2. The normalized spacial score (nSPS) is 10.6. The van der Waals surface area contributed by atoms with Gasteiger partial charge in [0.1, 0.15) is 0 Å². The van der Waals surface area contributed by atoms with E-state index in [0.29, 0.717) is 22.7 Å². The van der Waals surface area contributed by atoms with Crippen LogP contribution in [0.2, 0.25) is 10.0 Å². The average molecular weight is 379 g/mol. The molecule has 0 bridgehead atoms. The molecule has 0 unspecified atom stereocenters. The molecule has 2 aromatic rings. The van der Waals surface area contributed by atoms with Crippen LogP contribution in [0.3, 0.4) is 0 Å². The Bertz CT molecular complexity index is 773. The Balaban J connectivity index is 2.01. The van der Waals surface area contributed by atoms with Crippen molar-refractivity contribution in [3.05, 3.63) is 69.2 Å². The SMILES string of the molecule is CC(C)N(C)C(=O)c1ccc(CNC(=O)c2cccc(Cl)c2Cl)cc1. The molecule has 0 atom stereocenters. The molecule has 0 aliphatic heterocycles. The van der Waals surface area contributed by atoms with Gasteiger partial charge in [-0.3, -0.25) is 9.59 Å². The summed E-state index contributed by atoms with van der Waals surface area (Å²) < 4.78 is 0. The molecule has 2 amide bonds. The van der Waals surface area contributed by atoms with Crippen molar-refractivity contribution in [2.75, 3.05) is 7.05 Å². The first-order valence-corrected chi connectivity index (χ1v) is 8.65. The summed E-state index contributed by atoms with van der Waals surface area (Å²) in [5.74, 6) is -0.330. The van der Waals surface area contributed by atoms with Crippen molar-refractivity contribution in [3.8, 4) is 0 Å². The number of halogens is 2. The van der Waals surface area contributed by atoms with Crippen molar-refractivity contribution in [3.63, 3.8) is 0 Å². The van der Waals surface area contributed by atoms with Gasteiger partial charge in [-0.15, -0.1) is 0 Å². The Morgan fingerprint density at radius 2 is 1.72 bits per heavy atom. The number of rotatable bonds is 5. The van der Waals surface area contributed by atoms with E-state index in [1.165, 1.54) is 0 Å². The fourth-order valence-electron chi connectivity index (χ4n) is 2.16. The highest BCUT2D eigenvalue weighted by Crippen LogP contribution is 2.25. The molecule has 0 aromatic heterocycles. The van der Waals surface area contributed by atoms with Crippen LogP contribution in [0, 0.1) is 0 Å². The largest absolute Gasteiger partial charge is 0.348 e. The summed E-state index contributed by atoms with van der Waals surface area (Å²) in [7, 11) is 1.77. The molecule has 6 heteroatoms. The first kappa shape index (κ1) is 19.3. The molecule has 0 aliphatic carbocycles. The highest BCUT2D eigenvalue weighted by Gasteiger charge is 2.15. The fourth-order valence-corrected chi connectivity index (χ4v) is 2.55. The van der Waals surface area contributed by atoms with Gasteiger partial charge in [0, 0.05) is 25.2 Å². The third-order valence-corrected chi connectivity index (χ3v) is 4.76. The van der Waals surface area contributed by atoms with E-state index < -0.39 is 0 Å². The van der Waals surface area contributed by atoms with Crippen LogP contribution in [-0.2, 0) is 6.54 Å². The van der Waals surface area contributed by atoms with Gasteiger partial charge in [0.05, 0.1) is 15.6 Å². The number of nitrogens with zero attached hydrogens (tertiary/aromatic N) is 1. The summed E-state index contributed by atoms with van der Waals surface area (Å²) in [5, 5.41) is 3.37. The number of nitrogens with one attached hydrogen (secondary N) is 1. The standard InChI is InChI=1S/C19H20Cl2N2O2/c1-12(2)23(3)19(25)14-9-7-13(8-10-14)11-22-18(24)15-5-4-6-16(20)17(15)21/h4-10,12H,11H2,1-3H3,(H,22,24). The molecule has 0 spiro atoms. The molecule has 25 heavy (non-hydrogen) atoms. The van der Waals surface area contributed by atoms with E-state index in [9.17, 15) is 9.59 Å². The molecular weight excluding hydrogens is 359 g/mol. The summed E-state index contributed by atoms with van der Waals surface area (Å²) >= 11 is 12.0. The molecule has 132 valence electrons. The van der Waals surface area contributed by atoms with Gasteiger partial charge in [-0.2, -0.15) is 0 Å². The maximum atomic E-state index is 12.2. The van der Waals surface area contributed by atoms with E-state index in [1.54, 1.807) is 42.3 Å². The van der Waals surface area contributed by atoms with Gasteiger partial charge in [0.15, 0.2) is 0 Å². The van der Waals surface area contributed by atoms with Crippen LogP contribution < -0.4 is 5.32 Å². The number of hydrogen-bond acceptors (Lipinski definition) is 2. The molecule has 4 nitrogen and oxygen atoms in total. The lowest BCUT2D eigenvalue weighted by Gasteiger charge is -2.21. The lowest BCUT2D eigenvalue weighted by atomic mass is 10.1. The minimum atomic E-state index is -0.299. The van der Waals surface area contributed by atoms with Gasteiger partial charge in [-0.25, -0.2) is 0 Å². The third kappa shape index (κ3) is 4.74. The molecule has 0 saturated heterocycles. The fraction of sp³-hybridized carbons (Fsp3) is 0.263. The zero-order valence-corrected chi connectivity index (χ0v) is 15.9. The van der Waals surface area contributed by atoms with Crippen LogP contribution in [0.4, 0.5) is 0 Å². The van der Waals surface area contributed by atoms with Crippen LogP contribution in [0.1, 0.15) is 40.1 Å². The van der Waals surface area contributed by atoms with Gasteiger partial charge in [0.2, 0.25) is 0 Å². The van der Waals surface area contributed by atoms with E-state index >= 15 is 0 Å². The van der Waals surface area contributed by atoms with Crippen molar-refractivity contribution >= 4 is 35.0 Å². The second kappa shape index (κ2) is 8.37. The maximum absolute atomic E-state index is 12.2. The zero-order chi connectivity index (χ0) is 18.6. The Morgan fingerprint density at radius 3 is 2.32 bits per heavy atom. The second-order valence-electron chi connectivity index (χ2n) is 5.99. The Labute approximate surface area is 157 Å². The van der Waals surface area contributed by atoms with Gasteiger partial charge in [-0.05, 0) is 43.7 Å².